The van der Waals surface area contributed by atoms with Crippen LogP contribution in [0.2, 0.25) is 0 Å². The van der Waals surface area contributed by atoms with Gasteiger partial charge in [-0.15, -0.1) is 0 Å². The number of fused-ring (bicyclic) bond motifs is 1. The Morgan fingerprint density at radius 2 is 1.80 bits per heavy atom. The molecule has 0 unspecified atom stereocenters. The fourth-order valence-corrected chi connectivity index (χ4v) is 5.81. The van der Waals surface area contributed by atoms with E-state index in [4.69, 9.17) is 19.2 Å². The van der Waals surface area contributed by atoms with Crippen LogP contribution in [0.1, 0.15) is 69.2 Å². The molecule has 1 aromatic heterocycles. The Labute approximate surface area is 241 Å². The van der Waals surface area contributed by atoms with Gasteiger partial charge in [0.1, 0.15) is 0 Å². The number of allylic oxidation sites excluding steroid dienone is 1. The van der Waals surface area contributed by atoms with Crippen molar-refractivity contribution in [2.24, 2.45) is 4.99 Å². The first kappa shape index (κ1) is 29.7. The van der Waals surface area contributed by atoms with Crippen molar-refractivity contribution in [3.05, 3.63) is 94.2 Å². The van der Waals surface area contributed by atoms with Crippen LogP contribution in [0.25, 0.3) is 6.08 Å². The first-order chi connectivity index (χ1) is 19.6. The number of nitro benzene ring substituents is 1. The van der Waals surface area contributed by atoms with Crippen molar-refractivity contribution in [2.75, 3.05) is 20.8 Å². The average molecular weight is 580 g/mol. The summed E-state index contributed by atoms with van der Waals surface area (Å²) in [5.74, 6) is 0.266. The second-order valence-electron chi connectivity index (χ2n) is 9.76. The third kappa shape index (κ3) is 5.81. The summed E-state index contributed by atoms with van der Waals surface area (Å²) < 4.78 is 17.7. The molecular weight excluding hydrogens is 546 g/mol. The molecule has 41 heavy (non-hydrogen) atoms. The topological polar surface area (TPSA) is 122 Å². The molecule has 0 aliphatic carbocycles. The lowest BCUT2D eigenvalue weighted by molar-refractivity contribution is -0.385. The Balaban J connectivity index is 2.02. The van der Waals surface area contributed by atoms with Gasteiger partial charge in [0.25, 0.3) is 11.2 Å². The number of nitrogens with zero attached hydrogens (tertiary/aromatic N) is 3. The number of thiazole rings is 1. The Morgan fingerprint density at radius 1 is 1.15 bits per heavy atom. The van der Waals surface area contributed by atoms with E-state index in [-0.39, 0.29) is 33.9 Å². The molecule has 2 heterocycles. The van der Waals surface area contributed by atoms with Crippen molar-refractivity contribution in [1.82, 2.24) is 4.57 Å². The van der Waals surface area contributed by atoms with Gasteiger partial charge in [0.15, 0.2) is 16.3 Å². The van der Waals surface area contributed by atoms with Crippen molar-refractivity contribution in [1.29, 1.82) is 0 Å². The van der Waals surface area contributed by atoms with Gasteiger partial charge in [-0.3, -0.25) is 19.5 Å². The van der Waals surface area contributed by atoms with Gasteiger partial charge in [-0.1, -0.05) is 62.8 Å². The number of carbonyl (C=O) groups is 1. The number of hydrogen-bond donors (Lipinski definition) is 0. The smallest absolute Gasteiger partial charge is 0.338 e. The van der Waals surface area contributed by atoms with E-state index in [1.165, 1.54) is 37.0 Å². The molecule has 0 N–H and O–H groups in total. The zero-order valence-corrected chi connectivity index (χ0v) is 24.7. The Morgan fingerprint density at radius 3 is 2.37 bits per heavy atom. The molecule has 1 aliphatic rings. The first-order valence-corrected chi connectivity index (χ1v) is 14.2. The number of hydrogen-bond acceptors (Lipinski definition) is 9. The standard InChI is InChI=1S/C30H33N3O7S/c1-7-9-21-26(29(35)40-8-2)27(19-12-10-18(11-13-19)17(3)4)32-28(34)25(41-30(32)31-21)15-20-14-23(38-5)24(39-6)16-22(20)33(36)37/h10-17,27H,7-9H2,1-6H3/b25-15-/t27-/m1/s1. The second-order valence-corrected chi connectivity index (χ2v) is 10.8. The molecule has 10 nitrogen and oxygen atoms in total. The molecule has 0 radical (unpaired) electrons. The molecule has 0 bridgehead atoms. The van der Waals surface area contributed by atoms with Crippen LogP contribution in [0.15, 0.2) is 57.5 Å². The molecule has 2 aromatic carbocycles. The summed E-state index contributed by atoms with van der Waals surface area (Å²) >= 11 is 1.11. The fourth-order valence-electron chi connectivity index (χ4n) is 4.80. The van der Waals surface area contributed by atoms with E-state index < -0.39 is 22.5 Å². The van der Waals surface area contributed by atoms with Gasteiger partial charge in [0, 0.05) is 0 Å². The molecule has 1 aliphatic heterocycles. The lowest BCUT2D eigenvalue weighted by atomic mass is 9.92. The van der Waals surface area contributed by atoms with E-state index in [0.717, 1.165) is 28.9 Å². The Kier molecular flexibility index (Phi) is 9.07. The molecule has 0 spiro atoms. The van der Waals surface area contributed by atoms with Crippen LogP contribution in [0.4, 0.5) is 5.69 Å². The second kappa shape index (κ2) is 12.5. The maximum Gasteiger partial charge on any atom is 0.338 e. The highest BCUT2D eigenvalue weighted by atomic mass is 32.1. The molecule has 11 heteroatoms. The monoisotopic (exact) mass is 579 g/mol. The van der Waals surface area contributed by atoms with Crippen LogP contribution in [-0.2, 0) is 9.53 Å². The van der Waals surface area contributed by atoms with Crippen LogP contribution in [0.3, 0.4) is 0 Å². The number of esters is 1. The highest BCUT2D eigenvalue weighted by Gasteiger charge is 2.34. The van der Waals surface area contributed by atoms with E-state index >= 15 is 0 Å². The highest BCUT2D eigenvalue weighted by Crippen LogP contribution is 2.35. The van der Waals surface area contributed by atoms with E-state index in [0.29, 0.717) is 28.4 Å². The number of benzene rings is 2. The summed E-state index contributed by atoms with van der Waals surface area (Å²) in [6, 6.07) is 9.78. The van der Waals surface area contributed by atoms with Crippen LogP contribution in [-0.4, -0.2) is 36.3 Å². The lowest BCUT2D eigenvalue weighted by Crippen LogP contribution is -2.40. The number of rotatable bonds is 10. The molecule has 216 valence electrons. The lowest BCUT2D eigenvalue weighted by Gasteiger charge is -2.26. The van der Waals surface area contributed by atoms with Crippen molar-refractivity contribution in [2.45, 2.75) is 52.5 Å². The zero-order valence-electron chi connectivity index (χ0n) is 23.9. The van der Waals surface area contributed by atoms with Gasteiger partial charge in [0.05, 0.1) is 59.2 Å². The summed E-state index contributed by atoms with van der Waals surface area (Å²) in [6.45, 7) is 8.08. The van der Waals surface area contributed by atoms with Crippen LogP contribution < -0.4 is 24.4 Å². The van der Waals surface area contributed by atoms with Crippen molar-refractivity contribution in [3.63, 3.8) is 0 Å². The van der Waals surface area contributed by atoms with E-state index in [1.54, 1.807) is 6.92 Å². The molecule has 3 aromatic rings. The molecule has 1 atom stereocenters. The van der Waals surface area contributed by atoms with Crippen LogP contribution >= 0.6 is 11.3 Å². The number of nitro groups is 1. The zero-order chi connectivity index (χ0) is 29.8. The molecule has 0 saturated carbocycles. The normalized spacial score (nSPS) is 15.0. The van der Waals surface area contributed by atoms with Gasteiger partial charge in [-0.2, -0.15) is 0 Å². The van der Waals surface area contributed by atoms with E-state index in [2.05, 4.69) is 13.8 Å². The third-order valence-electron chi connectivity index (χ3n) is 6.83. The summed E-state index contributed by atoms with van der Waals surface area (Å²) in [5.41, 5.74) is 2.26. The molecular formula is C30H33N3O7S. The predicted molar refractivity (Wildman–Crippen MR) is 156 cm³/mol. The summed E-state index contributed by atoms with van der Waals surface area (Å²) in [6.07, 6.45) is 2.70. The van der Waals surface area contributed by atoms with Gasteiger partial charge in [-0.05, 0) is 42.5 Å². The first-order valence-electron chi connectivity index (χ1n) is 13.4. The summed E-state index contributed by atoms with van der Waals surface area (Å²) in [7, 11) is 2.82. The van der Waals surface area contributed by atoms with Gasteiger partial charge >= 0.3 is 5.97 Å². The number of carbonyl (C=O) groups excluding carboxylic acids is 1. The van der Waals surface area contributed by atoms with Gasteiger partial charge in [0.2, 0.25) is 0 Å². The minimum Gasteiger partial charge on any atom is -0.493 e. The average Bonchev–Trinajstić information content (AvgIpc) is 3.26. The van der Waals surface area contributed by atoms with Crippen molar-refractivity contribution < 1.29 is 23.9 Å². The summed E-state index contributed by atoms with van der Waals surface area (Å²) in [4.78, 5) is 43.9. The largest absolute Gasteiger partial charge is 0.493 e. The maximum atomic E-state index is 14.0. The van der Waals surface area contributed by atoms with Crippen LogP contribution in [0, 0.1) is 10.1 Å². The van der Waals surface area contributed by atoms with E-state index in [9.17, 15) is 19.7 Å². The predicted octanol–water partition coefficient (Wildman–Crippen LogP) is 4.63. The molecule has 0 saturated heterocycles. The molecule has 0 fully saturated rings. The van der Waals surface area contributed by atoms with Crippen molar-refractivity contribution >= 4 is 29.1 Å². The SMILES string of the molecule is CCCC1=C(C(=O)OCC)[C@@H](c2ccc(C(C)C)cc2)n2c(s/c(=C\c3cc(OC)c(OC)cc3[N+](=O)[O-])c2=O)=N1. The van der Waals surface area contributed by atoms with E-state index in [1.807, 2.05) is 31.2 Å². The maximum absolute atomic E-state index is 14.0. The van der Waals surface area contributed by atoms with Crippen LogP contribution in [0.5, 0.6) is 11.5 Å². The molecule has 4 rings (SSSR count). The third-order valence-corrected chi connectivity index (χ3v) is 7.81. The van der Waals surface area contributed by atoms with Gasteiger partial charge < -0.3 is 14.2 Å². The highest BCUT2D eigenvalue weighted by molar-refractivity contribution is 7.07. The number of ether oxygens (including phenoxy) is 3. The number of aromatic nitrogens is 1. The minimum atomic E-state index is -0.768. The summed E-state index contributed by atoms with van der Waals surface area (Å²) in [5, 5.41) is 11.9. The van der Waals surface area contributed by atoms with Gasteiger partial charge in [-0.25, -0.2) is 9.79 Å². The van der Waals surface area contributed by atoms with Crippen molar-refractivity contribution in [3.8, 4) is 11.5 Å². The fraction of sp³-hybridized carbons (Fsp3) is 0.367. The number of methoxy groups -OCH3 is 2. The quantitative estimate of drug-likeness (QED) is 0.195. The Bertz CT molecular complexity index is 1680. The Hall–Kier alpha value is -4.25. The minimum absolute atomic E-state index is 0.175. The molecule has 0 amide bonds.